The molecule has 2 aromatic rings. The van der Waals surface area contributed by atoms with Gasteiger partial charge in [0.1, 0.15) is 12.6 Å². The highest BCUT2D eigenvalue weighted by atomic mass is 79.9. The predicted molar refractivity (Wildman–Crippen MR) is 96.2 cm³/mol. The van der Waals surface area contributed by atoms with Crippen molar-refractivity contribution in [3.05, 3.63) is 62.5 Å². The molecule has 0 fully saturated rings. The number of hydrogen-bond donors (Lipinski definition) is 2. The first-order valence-electron chi connectivity index (χ1n) is 7.41. The van der Waals surface area contributed by atoms with Crippen molar-refractivity contribution in [3.63, 3.8) is 0 Å². The van der Waals surface area contributed by atoms with Crippen LogP contribution in [0.1, 0.15) is 17.3 Å². The van der Waals surface area contributed by atoms with Crippen LogP contribution in [0.3, 0.4) is 0 Å². The Hall–Kier alpha value is -2.61. The molecule has 0 saturated heterocycles. The molecular formula is C17H18BrN3O4. The molecule has 2 rings (SSSR count). The molecule has 3 N–H and O–H groups in total. The molecule has 0 aliphatic carbocycles. The molecule has 25 heavy (non-hydrogen) atoms. The van der Waals surface area contributed by atoms with Crippen molar-refractivity contribution in [2.45, 2.75) is 19.5 Å². The maximum absolute atomic E-state index is 12.4. The molecule has 1 atom stereocenters. The fourth-order valence-electron chi connectivity index (χ4n) is 2.34. The lowest BCUT2D eigenvalue weighted by Gasteiger charge is -2.18. The standard InChI is InChI=1S/C17H18BrN3O4/c1-10-6-13(22)14(25-2)8-21(10)9-15(23)20-16(17(19)24)11-4-3-5-12(18)7-11/h3-8,16H,9H2,1-2H3,(H2,19,24)(H,20,23). The van der Waals surface area contributed by atoms with Gasteiger partial charge in [0.05, 0.1) is 13.3 Å². The largest absolute Gasteiger partial charge is 0.491 e. The molecule has 0 bridgehead atoms. The van der Waals surface area contributed by atoms with E-state index in [4.69, 9.17) is 10.5 Å². The Morgan fingerprint density at radius 1 is 1.36 bits per heavy atom. The van der Waals surface area contributed by atoms with E-state index in [-0.39, 0.29) is 17.7 Å². The number of primary amides is 1. The van der Waals surface area contributed by atoms with E-state index < -0.39 is 17.9 Å². The number of ether oxygens (including phenoxy) is 1. The third-order valence-corrected chi connectivity index (χ3v) is 4.11. The van der Waals surface area contributed by atoms with Crippen LogP contribution in [0.5, 0.6) is 5.75 Å². The van der Waals surface area contributed by atoms with Crippen LogP contribution in [0, 0.1) is 6.92 Å². The number of amides is 2. The van der Waals surface area contributed by atoms with Crippen molar-refractivity contribution >= 4 is 27.7 Å². The highest BCUT2D eigenvalue weighted by molar-refractivity contribution is 9.10. The number of rotatable bonds is 6. The number of nitrogens with one attached hydrogen (secondary N) is 1. The highest BCUT2D eigenvalue weighted by Gasteiger charge is 2.21. The monoisotopic (exact) mass is 407 g/mol. The Morgan fingerprint density at radius 3 is 2.68 bits per heavy atom. The molecule has 0 aliphatic rings. The number of nitrogens with zero attached hydrogens (tertiary/aromatic N) is 1. The maximum atomic E-state index is 12.4. The van der Waals surface area contributed by atoms with Gasteiger partial charge in [0, 0.05) is 16.2 Å². The van der Waals surface area contributed by atoms with E-state index in [1.54, 1.807) is 35.8 Å². The van der Waals surface area contributed by atoms with Crippen LogP contribution in [0.15, 0.2) is 45.8 Å². The quantitative estimate of drug-likeness (QED) is 0.752. The topological polar surface area (TPSA) is 103 Å². The van der Waals surface area contributed by atoms with E-state index in [2.05, 4.69) is 21.2 Å². The van der Waals surface area contributed by atoms with Crippen molar-refractivity contribution in [2.75, 3.05) is 7.11 Å². The van der Waals surface area contributed by atoms with Gasteiger partial charge in [0.25, 0.3) is 0 Å². The Kier molecular flexibility index (Phi) is 5.97. The van der Waals surface area contributed by atoms with E-state index in [0.717, 1.165) is 4.47 Å². The molecule has 7 nitrogen and oxygen atoms in total. The lowest BCUT2D eigenvalue weighted by atomic mass is 10.1. The molecule has 0 spiro atoms. The third kappa shape index (κ3) is 4.69. The summed E-state index contributed by atoms with van der Waals surface area (Å²) >= 11 is 3.32. The molecule has 2 amide bonds. The van der Waals surface area contributed by atoms with Gasteiger partial charge in [-0.1, -0.05) is 28.1 Å². The molecule has 1 heterocycles. The summed E-state index contributed by atoms with van der Waals surface area (Å²) in [7, 11) is 1.38. The van der Waals surface area contributed by atoms with Crippen LogP contribution in [-0.2, 0) is 16.1 Å². The number of carbonyl (C=O) groups is 2. The molecule has 1 aromatic carbocycles. The van der Waals surface area contributed by atoms with Gasteiger partial charge in [-0.05, 0) is 24.6 Å². The number of hydrogen-bond acceptors (Lipinski definition) is 4. The summed E-state index contributed by atoms with van der Waals surface area (Å²) < 4.78 is 7.31. The second-order valence-corrected chi connectivity index (χ2v) is 6.35. The van der Waals surface area contributed by atoms with Crippen LogP contribution in [0.25, 0.3) is 0 Å². The van der Waals surface area contributed by atoms with Gasteiger partial charge in [-0.15, -0.1) is 0 Å². The van der Waals surface area contributed by atoms with Gasteiger partial charge in [-0.2, -0.15) is 0 Å². The smallest absolute Gasteiger partial charge is 0.244 e. The molecule has 0 saturated carbocycles. The fourth-order valence-corrected chi connectivity index (χ4v) is 2.76. The first-order valence-corrected chi connectivity index (χ1v) is 8.20. The zero-order chi connectivity index (χ0) is 18.6. The summed E-state index contributed by atoms with van der Waals surface area (Å²) in [5, 5.41) is 2.61. The molecule has 132 valence electrons. The predicted octanol–water partition coefficient (Wildman–Crippen LogP) is 1.27. The van der Waals surface area contributed by atoms with Gasteiger partial charge >= 0.3 is 0 Å². The molecule has 0 aliphatic heterocycles. The molecule has 1 aromatic heterocycles. The summed E-state index contributed by atoms with van der Waals surface area (Å²) in [4.78, 5) is 35.8. The van der Waals surface area contributed by atoms with Gasteiger partial charge in [-0.3, -0.25) is 14.4 Å². The number of aromatic nitrogens is 1. The number of methoxy groups -OCH3 is 1. The van der Waals surface area contributed by atoms with E-state index in [1.165, 1.54) is 19.4 Å². The second kappa shape index (κ2) is 7.98. The van der Waals surface area contributed by atoms with Crippen molar-refractivity contribution in [2.24, 2.45) is 5.73 Å². The van der Waals surface area contributed by atoms with Crippen molar-refractivity contribution in [1.82, 2.24) is 9.88 Å². The lowest BCUT2D eigenvalue weighted by molar-refractivity contribution is -0.127. The lowest BCUT2D eigenvalue weighted by Crippen LogP contribution is -2.39. The average Bonchev–Trinajstić information content (AvgIpc) is 2.55. The summed E-state index contributed by atoms with van der Waals surface area (Å²) in [6.45, 7) is 1.62. The van der Waals surface area contributed by atoms with E-state index in [9.17, 15) is 14.4 Å². The van der Waals surface area contributed by atoms with Crippen molar-refractivity contribution in [3.8, 4) is 5.75 Å². The van der Waals surface area contributed by atoms with Crippen LogP contribution >= 0.6 is 15.9 Å². The SMILES string of the molecule is COc1cn(CC(=O)NC(C(N)=O)c2cccc(Br)c2)c(C)cc1=O. The minimum Gasteiger partial charge on any atom is -0.491 e. The number of aryl methyl sites for hydroxylation is 1. The van der Waals surface area contributed by atoms with E-state index in [0.29, 0.717) is 11.3 Å². The zero-order valence-electron chi connectivity index (χ0n) is 13.8. The third-order valence-electron chi connectivity index (χ3n) is 3.61. The second-order valence-electron chi connectivity index (χ2n) is 5.43. The summed E-state index contributed by atoms with van der Waals surface area (Å²) in [6, 6.07) is 7.40. The van der Waals surface area contributed by atoms with E-state index in [1.807, 2.05) is 0 Å². The van der Waals surface area contributed by atoms with Gasteiger partial charge in [0.15, 0.2) is 5.75 Å². The summed E-state index contributed by atoms with van der Waals surface area (Å²) in [5.41, 5.74) is 6.33. The van der Waals surface area contributed by atoms with Gasteiger partial charge in [0.2, 0.25) is 17.2 Å². The van der Waals surface area contributed by atoms with Crippen LogP contribution < -0.4 is 21.2 Å². The van der Waals surface area contributed by atoms with Gasteiger partial charge in [-0.25, -0.2) is 0 Å². The first-order chi connectivity index (χ1) is 11.8. The normalized spacial score (nSPS) is 11.6. The first kappa shape index (κ1) is 18.7. The van der Waals surface area contributed by atoms with Crippen molar-refractivity contribution in [1.29, 1.82) is 0 Å². The minimum absolute atomic E-state index is 0.0831. The Balaban J connectivity index is 2.20. The molecule has 8 heteroatoms. The van der Waals surface area contributed by atoms with Crippen molar-refractivity contribution < 1.29 is 14.3 Å². The summed E-state index contributed by atoms with van der Waals surface area (Å²) in [5.74, 6) is -0.949. The van der Waals surface area contributed by atoms with Crippen LogP contribution in [-0.4, -0.2) is 23.5 Å². The Morgan fingerprint density at radius 2 is 2.08 bits per heavy atom. The van der Waals surface area contributed by atoms with Gasteiger partial charge < -0.3 is 20.4 Å². The number of benzene rings is 1. The fraction of sp³-hybridized carbons (Fsp3) is 0.235. The number of nitrogens with two attached hydrogens (primary N) is 1. The zero-order valence-corrected chi connectivity index (χ0v) is 15.4. The molecule has 0 radical (unpaired) electrons. The molecular weight excluding hydrogens is 390 g/mol. The highest BCUT2D eigenvalue weighted by Crippen LogP contribution is 2.18. The van der Waals surface area contributed by atoms with Crippen LogP contribution in [0.4, 0.5) is 0 Å². The number of carbonyl (C=O) groups excluding carboxylic acids is 2. The van der Waals surface area contributed by atoms with Crippen LogP contribution in [0.2, 0.25) is 0 Å². The minimum atomic E-state index is -0.952. The summed E-state index contributed by atoms with van der Waals surface area (Å²) in [6.07, 6.45) is 1.45. The molecule has 1 unspecified atom stereocenters. The Bertz CT molecular complexity index is 863. The average molecular weight is 408 g/mol. The number of halogens is 1. The Labute approximate surface area is 152 Å². The maximum Gasteiger partial charge on any atom is 0.244 e. The van der Waals surface area contributed by atoms with E-state index >= 15 is 0 Å². The number of pyridine rings is 1.